The number of nitro benzene ring substituents is 1. The summed E-state index contributed by atoms with van der Waals surface area (Å²) >= 11 is 0. The van der Waals surface area contributed by atoms with Crippen LogP contribution in [0.15, 0.2) is 18.2 Å². The van der Waals surface area contributed by atoms with Crippen LogP contribution < -0.4 is 11.1 Å². The summed E-state index contributed by atoms with van der Waals surface area (Å²) in [6.45, 7) is 1.97. The largest absolute Gasteiger partial charge is 0.366 e. The third-order valence-corrected chi connectivity index (χ3v) is 2.59. The number of nitrogens with two attached hydrogens (primary N) is 1. The molecular formula is C13H15N3O3. The summed E-state index contributed by atoms with van der Waals surface area (Å²) in [6, 6.07) is 3.72. The van der Waals surface area contributed by atoms with E-state index in [1.165, 1.54) is 12.1 Å². The second-order valence-corrected chi connectivity index (χ2v) is 4.01. The van der Waals surface area contributed by atoms with Crippen molar-refractivity contribution in [1.29, 1.82) is 0 Å². The molecule has 1 rings (SSSR count). The molecule has 1 unspecified atom stereocenters. The average molecular weight is 261 g/mol. The minimum absolute atomic E-state index is 0.0880. The maximum atomic E-state index is 11.0. The van der Waals surface area contributed by atoms with Crippen LogP contribution >= 0.6 is 0 Å². The Hall–Kier alpha value is -2.55. The number of anilines is 1. The van der Waals surface area contributed by atoms with E-state index in [0.29, 0.717) is 6.42 Å². The lowest BCUT2D eigenvalue weighted by molar-refractivity contribution is -0.384. The minimum Gasteiger partial charge on any atom is -0.366 e. The Bertz CT molecular complexity index is 534. The Morgan fingerprint density at radius 2 is 2.32 bits per heavy atom. The van der Waals surface area contributed by atoms with E-state index >= 15 is 0 Å². The first kappa shape index (κ1) is 14.5. The third-order valence-electron chi connectivity index (χ3n) is 2.59. The first-order chi connectivity index (χ1) is 8.99. The number of nitro groups is 1. The van der Waals surface area contributed by atoms with Gasteiger partial charge >= 0.3 is 0 Å². The van der Waals surface area contributed by atoms with Gasteiger partial charge in [-0.25, -0.2) is 0 Å². The summed E-state index contributed by atoms with van der Waals surface area (Å²) in [5.41, 5.74) is 5.25. The van der Waals surface area contributed by atoms with Gasteiger partial charge in [0.05, 0.1) is 11.0 Å². The van der Waals surface area contributed by atoms with Crippen molar-refractivity contribution in [1.82, 2.24) is 0 Å². The molecule has 0 saturated carbocycles. The maximum Gasteiger partial charge on any atom is 0.293 e. The van der Waals surface area contributed by atoms with Crippen LogP contribution in [0.25, 0.3) is 0 Å². The van der Waals surface area contributed by atoms with Gasteiger partial charge < -0.3 is 11.1 Å². The molecule has 0 aliphatic heterocycles. The molecule has 0 spiro atoms. The molecule has 0 aromatic heterocycles. The van der Waals surface area contributed by atoms with E-state index < -0.39 is 10.8 Å². The topological polar surface area (TPSA) is 98.3 Å². The Labute approximate surface area is 111 Å². The van der Waals surface area contributed by atoms with Gasteiger partial charge in [0.15, 0.2) is 0 Å². The number of terminal acetylenes is 1. The number of hydrogen-bond donors (Lipinski definition) is 2. The maximum absolute atomic E-state index is 11.0. The highest BCUT2D eigenvalue weighted by molar-refractivity contribution is 5.94. The van der Waals surface area contributed by atoms with Gasteiger partial charge in [-0.15, -0.1) is 6.42 Å². The highest BCUT2D eigenvalue weighted by Gasteiger charge is 2.18. The normalized spacial score (nSPS) is 11.4. The summed E-state index contributed by atoms with van der Waals surface area (Å²) in [6.07, 6.45) is 6.91. The quantitative estimate of drug-likeness (QED) is 0.464. The van der Waals surface area contributed by atoms with Crippen LogP contribution in [0.4, 0.5) is 11.4 Å². The van der Waals surface area contributed by atoms with Crippen molar-refractivity contribution in [2.45, 2.75) is 25.8 Å². The molecule has 0 heterocycles. The molecule has 0 saturated heterocycles. The first-order valence-electron chi connectivity index (χ1n) is 5.80. The van der Waals surface area contributed by atoms with E-state index in [0.717, 1.165) is 12.5 Å². The number of primary amides is 1. The van der Waals surface area contributed by atoms with Gasteiger partial charge in [0.1, 0.15) is 5.69 Å². The number of nitrogens with zero attached hydrogens (tertiary/aromatic N) is 1. The first-order valence-corrected chi connectivity index (χ1v) is 5.80. The molecular weight excluding hydrogens is 246 g/mol. The second kappa shape index (κ2) is 6.40. The second-order valence-electron chi connectivity index (χ2n) is 4.01. The lowest BCUT2D eigenvalue weighted by Crippen LogP contribution is -2.18. The zero-order valence-corrected chi connectivity index (χ0v) is 10.6. The van der Waals surface area contributed by atoms with E-state index in [2.05, 4.69) is 11.2 Å². The fourth-order valence-electron chi connectivity index (χ4n) is 1.63. The summed E-state index contributed by atoms with van der Waals surface area (Å²) in [5, 5.41) is 13.9. The van der Waals surface area contributed by atoms with Crippen LogP contribution in [0.3, 0.4) is 0 Å². The van der Waals surface area contributed by atoms with Crippen molar-refractivity contribution in [3.05, 3.63) is 33.9 Å². The zero-order valence-electron chi connectivity index (χ0n) is 10.6. The lowest BCUT2D eigenvalue weighted by atomic mass is 10.1. The van der Waals surface area contributed by atoms with Crippen molar-refractivity contribution < 1.29 is 9.72 Å². The third kappa shape index (κ3) is 3.71. The fourth-order valence-corrected chi connectivity index (χ4v) is 1.63. The Morgan fingerprint density at radius 1 is 1.63 bits per heavy atom. The van der Waals surface area contributed by atoms with Crippen LogP contribution in [-0.4, -0.2) is 16.9 Å². The predicted molar refractivity (Wildman–Crippen MR) is 72.8 cm³/mol. The molecule has 3 N–H and O–H groups in total. The van der Waals surface area contributed by atoms with Crippen LogP contribution in [0, 0.1) is 22.5 Å². The molecule has 100 valence electrons. The number of carbonyl (C=O) groups is 1. The predicted octanol–water partition coefficient (Wildman–Crippen LogP) is 1.91. The van der Waals surface area contributed by atoms with E-state index in [-0.39, 0.29) is 23.0 Å². The molecule has 1 aromatic rings. The molecule has 1 atom stereocenters. The zero-order chi connectivity index (χ0) is 14.4. The van der Waals surface area contributed by atoms with Crippen molar-refractivity contribution in [3.8, 4) is 12.3 Å². The summed E-state index contributed by atoms with van der Waals surface area (Å²) in [4.78, 5) is 21.4. The smallest absolute Gasteiger partial charge is 0.293 e. The van der Waals surface area contributed by atoms with E-state index in [1.54, 1.807) is 0 Å². The molecule has 1 amide bonds. The number of amides is 1. The van der Waals surface area contributed by atoms with Gasteiger partial charge in [-0.1, -0.05) is 19.3 Å². The van der Waals surface area contributed by atoms with Crippen LogP contribution in [0.5, 0.6) is 0 Å². The fraction of sp³-hybridized carbons (Fsp3) is 0.308. The standard InChI is InChI=1S/C13H15N3O3/c1-3-5-10(4-2)15-11-7-6-9(13(14)17)8-12(11)16(18)19/h2,6-8,10,15H,3,5H2,1H3,(H2,14,17). The van der Waals surface area contributed by atoms with Gasteiger partial charge in [-0.05, 0) is 18.6 Å². The average Bonchev–Trinajstić information content (AvgIpc) is 2.37. The molecule has 19 heavy (non-hydrogen) atoms. The van der Waals surface area contributed by atoms with Crippen molar-refractivity contribution in [2.75, 3.05) is 5.32 Å². The lowest BCUT2D eigenvalue weighted by Gasteiger charge is -2.13. The van der Waals surface area contributed by atoms with E-state index in [4.69, 9.17) is 12.2 Å². The molecule has 6 heteroatoms. The highest BCUT2D eigenvalue weighted by atomic mass is 16.6. The molecule has 6 nitrogen and oxygen atoms in total. The van der Waals surface area contributed by atoms with Crippen LogP contribution in [-0.2, 0) is 0 Å². The Morgan fingerprint density at radius 3 is 2.79 bits per heavy atom. The number of rotatable bonds is 6. The van der Waals surface area contributed by atoms with E-state index in [1.807, 2.05) is 6.92 Å². The number of nitrogens with one attached hydrogen (secondary N) is 1. The Balaban J connectivity index is 3.10. The van der Waals surface area contributed by atoms with Gasteiger partial charge in [0.2, 0.25) is 5.91 Å². The molecule has 0 fully saturated rings. The van der Waals surface area contributed by atoms with Crippen molar-refractivity contribution in [3.63, 3.8) is 0 Å². The highest BCUT2D eigenvalue weighted by Crippen LogP contribution is 2.26. The van der Waals surface area contributed by atoms with Crippen molar-refractivity contribution in [2.24, 2.45) is 5.73 Å². The van der Waals surface area contributed by atoms with Gasteiger partial charge in [-0.2, -0.15) is 0 Å². The van der Waals surface area contributed by atoms with Crippen LogP contribution in [0.1, 0.15) is 30.1 Å². The van der Waals surface area contributed by atoms with Gasteiger partial charge in [0, 0.05) is 11.6 Å². The van der Waals surface area contributed by atoms with E-state index in [9.17, 15) is 14.9 Å². The van der Waals surface area contributed by atoms with Crippen LogP contribution in [0.2, 0.25) is 0 Å². The molecule has 1 aromatic carbocycles. The number of carbonyl (C=O) groups excluding carboxylic acids is 1. The SMILES string of the molecule is C#CC(CCC)Nc1ccc(C(N)=O)cc1[N+](=O)[O-]. The summed E-state index contributed by atoms with van der Waals surface area (Å²) in [7, 11) is 0. The van der Waals surface area contributed by atoms with Gasteiger partial charge in [0.25, 0.3) is 5.69 Å². The Kier molecular flexibility index (Phi) is 4.89. The minimum atomic E-state index is -0.711. The monoisotopic (exact) mass is 261 g/mol. The number of benzene rings is 1. The molecule has 0 aliphatic carbocycles. The molecule has 0 aliphatic rings. The summed E-state index contributed by atoms with van der Waals surface area (Å²) in [5.74, 6) is 1.82. The summed E-state index contributed by atoms with van der Waals surface area (Å²) < 4.78 is 0. The van der Waals surface area contributed by atoms with Crippen molar-refractivity contribution >= 4 is 17.3 Å². The number of hydrogen-bond acceptors (Lipinski definition) is 4. The molecule has 0 radical (unpaired) electrons. The molecule has 0 bridgehead atoms. The van der Waals surface area contributed by atoms with Gasteiger partial charge in [-0.3, -0.25) is 14.9 Å².